The second kappa shape index (κ2) is 7.08. The molecule has 2 heterocycles. The number of hydrogen-bond donors (Lipinski definition) is 2. The van der Waals surface area contributed by atoms with Gasteiger partial charge in [-0.2, -0.15) is 0 Å². The van der Waals surface area contributed by atoms with E-state index in [4.69, 9.17) is 12.2 Å². The van der Waals surface area contributed by atoms with Gasteiger partial charge in [0.2, 0.25) is 0 Å². The second-order valence-electron chi connectivity index (χ2n) is 6.95. The van der Waals surface area contributed by atoms with Gasteiger partial charge in [0.15, 0.2) is 5.11 Å². The van der Waals surface area contributed by atoms with Crippen molar-refractivity contribution in [3.05, 3.63) is 65.6 Å². The molecule has 0 spiro atoms. The molecule has 0 unspecified atom stereocenters. The maximum atomic E-state index is 13.7. The quantitative estimate of drug-likeness (QED) is 0.611. The Hall–Kier alpha value is -2.40. The molecular weight excluding hydrogens is 345 g/mol. The lowest BCUT2D eigenvalue weighted by atomic mass is 9.89. The number of aromatic nitrogens is 1. The van der Waals surface area contributed by atoms with E-state index in [0.29, 0.717) is 22.3 Å². The minimum Gasteiger partial charge on any atom is -0.361 e. The van der Waals surface area contributed by atoms with Crippen LogP contribution in [-0.2, 0) is 0 Å². The fraction of sp³-hybridized carbons (Fsp3) is 0.286. The third-order valence-electron chi connectivity index (χ3n) is 5.27. The summed E-state index contributed by atoms with van der Waals surface area (Å²) in [5.74, 6) is 0.331. The van der Waals surface area contributed by atoms with Crippen LogP contribution in [0.5, 0.6) is 0 Å². The van der Waals surface area contributed by atoms with Gasteiger partial charge in [0.05, 0.1) is 0 Å². The molecule has 1 aromatic heterocycles. The topological polar surface area (TPSA) is 31.1 Å². The fourth-order valence-corrected chi connectivity index (χ4v) is 4.00. The Morgan fingerprint density at radius 1 is 1.19 bits per heavy atom. The van der Waals surface area contributed by atoms with Crippen molar-refractivity contribution in [2.45, 2.75) is 25.7 Å². The average molecular weight is 367 g/mol. The SMILES string of the molecule is Cc1ccc(NC(=S)N2CCC(c3c[nH]c4ccccc34)CC2)cc1F. The molecule has 2 aromatic carbocycles. The highest BCUT2D eigenvalue weighted by Gasteiger charge is 2.24. The van der Waals surface area contributed by atoms with Gasteiger partial charge >= 0.3 is 0 Å². The van der Waals surface area contributed by atoms with Crippen LogP contribution in [0.4, 0.5) is 10.1 Å². The number of benzene rings is 2. The van der Waals surface area contributed by atoms with Crippen molar-refractivity contribution in [3.8, 4) is 0 Å². The smallest absolute Gasteiger partial charge is 0.173 e. The molecule has 4 rings (SSSR count). The van der Waals surface area contributed by atoms with Crippen molar-refractivity contribution >= 4 is 33.9 Å². The summed E-state index contributed by atoms with van der Waals surface area (Å²) in [6, 6.07) is 13.6. The number of para-hydroxylation sites is 1. The molecule has 134 valence electrons. The summed E-state index contributed by atoms with van der Waals surface area (Å²) in [6.45, 7) is 3.57. The Morgan fingerprint density at radius 3 is 2.73 bits per heavy atom. The predicted molar refractivity (Wildman–Crippen MR) is 109 cm³/mol. The van der Waals surface area contributed by atoms with E-state index in [9.17, 15) is 4.39 Å². The molecule has 1 aliphatic rings. The number of piperidine rings is 1. The molecule has 0 bridgehead atoms. The number of aryl methyl sites for hydroxylation is 1. The van der Waals surface area contributed by atoms with E-state index in [2.05, 4.69) is 45.7 Å². The number of likely N-dealkylation sites (tertiary alicyclic amines) is 1. The first-order chi connectivity index (χ1) is 12.6. The highest BCUT2D eigenvalue weighted by molar-refractivity contribution is 7.80. The van der Waals surface area contributed by atoms with Crippen molar-refractivity contribution in [1.29, 1.82) is 0 Å². The van der Waals surface area contributed by atoms with Crippen LogP contribution in [0.3, 0.4) is 0 Å². The van der Waals surface area contributed by atoms with Gasteiger partial charge in [-0.15, -0.1) is 0 Å². The number of aromatic amines is 1. The molecule has 0 saturated carbocycles. The highest BCUT2D eigenvalue weighted by atomic mass is 32.1. The van der Waals surface area contributed by atoms with E-state index >= 15 is 0 Å². The number of hydrogen-bond acceptors (Lipinski definition) is 1. The molecule has 5 heteroatoms. The lowest BCUT2D eigenvalue weighted by Crippen LogP contribution is -2.40. The molecule has 0 amide bonds. The third-order valence-corrected chi connectivity index (χ3v) is 5.63. The third kappa shape index (κ3) is 3.31. The van der Waals surface area contributed by atoms with E-state index in [1.165, 1.54) is 22.5 Å². The Kier molecular flexibility index (Phi) is 4.64. The number of halogens is 1. The maximum absolute atomic E-state index is 13.7. The molecule has 1 fully saturated rings. The lowest BCUT2D eigenvalue weighted by Gasteiger charge is -2.34. The van der Waals surface area contributed by atoms with Crippen LogP contribution >= 0.6 is 12.2 Å². The minimum atomic E-state index is -0.212. The van der Waals surface area contributed by atoms with Gasteiger partial charge in [-0.25, -0.2) is 4.39 Å². The van der Waals surface area contributed by atoms with E-state index in [0.717, 1.165) is 25.9 Å². The van der Waals surface area contributed by atoms with Crippen molar-refractivity contribution in [1.82, 2.24) is 9.88 Å². The fourth-order valence-electron chi connectivity index (χ4n) is 3.70. The van der Waals surface area contributed by atoms with Gasteiger partial charge in [-0.1, -0.05) is 24.3 Å². The number of nitrogens with one attached hydrogen (secondary N) is 2. The highest BCUT2D eigenvalue weighted by Crippen LogP contribution is 2.33. The van der Waals surface area contributed by atoms with E-state index in [-0.39, 0.29) is 5.82 Å². The lowest BCUT2D eigenvalue weighted by molar-refractivity contribution is 0.317. The van der Waals surface area contributed by atoms with Crippen molar-refractivity contribution in [2.24, 2.45) is 0 Å². The van der Waals surface area contributed by atoms with Crippen molar-refractivity contribution in [2.75, 3.05) is 18.4 Å². The molecule has 1 saturated heterocycles. The minimum absolute atomic E-state index is 0.212. The second-order valence-corrected chi connectivity index (χ2v) is 7.33. The zero-order valence-electron chi connectivity index (χ0n) is 14.8. The Morgan fingerprint density at radius 2 is 1.96 bits per heavy atom. The summed E-state index contributed by atoms with van der Waals surface area (Å²) in [5, 5.41) is 5.16. The van der Waals surface area contributed by atoms with E-state index in [1.54, 1.807) is 13.0 Å². The number of fused-ring (bicyclic) bond motifs is 1. The number of H-pyrrole nitrogens is 1. The normalized spacial score (nSPS) is 15.4. The molecule has 2 N–H and O–H groups in total. The Labute approximate surface area is 158 Å². The Balaban J connectivity index is 1.40. The van der Waals surface area contributed by atoms with Crippen LogP contribution < -0.4 is 5.32 Å². The monoisotopic (exact) mass is 367 g/mol. The zero-order chi connectivity index (χ0) is 18.1. The molecule has 0 atom stereocenters. The van der Waals surface area contributed by atoms with E-state index in [1.807, 2.05) is 6.07 Å². The number of anilines is 1. The van der Waals surface area contributed by atoms with Crippen LogP contribution in [0.1, 0.15) is 29.9 Å². The van der Waals surface area contributed by atoms with Crippen LogP contribution in [0.25, 0.3) is 10.9 Å². The van der Waals surface area contributed by atoms with Crippen LogP contribution in [0, 0.1) is 12.7 Å². The van der Waals surface area contributed by atoms with Gasteiger partial charge < -0.3 is 15.2 Å². The van der Waals surface area contributed by atoms with Gasteiger partial charge in [0.1, 0.15) is 5.82 Å². The van der Waals surface area contributed by atoms with Crippen LogP contribution in [0.15, 0.2) is 48.7 Å². The summed E-state index contributed by atoms with van der Waals surface area (Å²) in [7, 11) is 0. The molecule has 26 heavy (non-hydrogen) atoms. The predicted octanol–water partition coefficient (Wildman–Crippen LogP) is 5.19. The zero-order valence-corrected chi connectivity index (χ0v) is 15.6. The number of nitrogens with zero attached hydrogens (tertiary/aromatic N) is 1. The molecule has 0 aliphatic carbocycles. The van der Waals surface area contributed by atoms with Crippen molar-refractivity contribution < 1.29 is 4.39 Å². The maximum Gasteiger partial charge on any atom is 0.173 e. The van der Waals surface area contributed by atoms with Gasteiger partial charge in [-0.05, 0) is 67.2 Å². The molecule has 1 aliphatic heterocycles. The first-order valence-corrected chi connectivity index (χ1v) is 9.41. The Bertz CT molecular complexity index is 941. The summed E-state index contributed by atoms with van der Waals surface area (Å²) in [4.78, 5) is 5.55. The molecular formula is C21H22FN3S. The average Bonchev–Trinajstić information content (AvgIpc) is 3.09. The summed E-state index contributed by atoms with van der Waals surface area (Å²) >= 11 is 5.53. The standard InChI is InChI=1S/C21H22FN3S/c1-14-6-7-16(12-19(14)22)24-21(26)25-10-8-15(9-11-25)18-13-23-20-5-3-2-4-17(18)20/h2-7,12-13,15,23H,8-11H2,1H3,(H,24,26). The van der Waals surface area contributed by atoms with E-state index < -0.39 is 0 Å². The van der Waals surface area contributed by atoms with Gasteiger partial charge in [0.25, 0.3) is 0 Å². The molecule has 0 radical (unpaired) electrons. The van der Waals surface area contributed by atoms with Crippen LogP contribution in [0.2, 0.25) is 0 Å². The number of rotatable bonds is 2. The first kappa shape index (κ1) is 17.0. The van der Waals surface area contributed by atoms with Gasteiger partial charge in [-0.3, -0.25) is 0 Å². The van der Waals surface area contributed by atoms with Crippen LogP contribution in [-0.4, -0.2) is 28.1 Å². The largest absolute Gasteiger partial charge is 0.361 e. The van der Waals surface area contributed by atoms with Crippen molar-refractivity contribution in [3.63, 3.8) is 0 Å². The first-order valence-electron chi connectivity index (χ1n) is 9.00. The van der Waals surface area contributed by atoms with Gasteiger partial charge in [0, 0.05) is 35.9 Å². The summed E-state index contributed by atoms with van der Waals surface area (Å²) < 4.78 is 13.7. The molecule has 3 aromatic rings. The summed E-state index contributed by atoms with van der Waals surface area (Å²) in [6.07, 6.45) is 4.27. The molecule has 3 nitrogen and oxygen atoms in total. The number of thiocarbonyl (C=S) groups is 1. The summed E-state index contributed by atoms with van der Waals surface area (Å²) in [5.41, 5.74) is 3.95.